The van der Waals surface area contributed by atoms with E-state index >= 15 is 0 Å². The lowest BCUT2D eigenvalue weighted by atomic mass is 10.4. The van der Waals surface area contributed by atoms with E-state index in [1.54, 1.807) is 12.1 Å². The number of hydrogen-bond acceptors (Lipinski definition) is 3. The Hall–Kier alpha value is -0.810. The van der Waals surface area contributed by atoms with Gasteiger partial charge in [0.2, 0.25) is 5.76 Å². The Morgan fingerprint density at radius 1 is 1.50 bits per heavy atom. The van der Waals surface area contributed by atoms with Gasteiger partial charge in [-0.25, -0.2) is 4.79 Å². The third kappa shape index (κ3) is 2.35. The summed E-state index contributed by atoms with van der Waals surface area (Å²) in [6.45, 7) is 0. The number of halogens is 1. The Morgan fingerprint density at radius 2 is 2.17 bits per heavy atom. The summed E-state index contributed by atoms with van der Waals surface area (Å²) in [4.78, 5) is 10.9. The molecule has 0 atom stereocenters. The molecule has 3 nitrogen and oxygen atoms in total. The van der Waals surface area contributed by atoms with E-state index in [0.29, 0.717) is 4.88 Å². The number of thiophene rings is 1. The van der Waals surface area contributed by atoms with Crippen LogP contribution in [0.5, 0.6) is 0 Å². The summed E-state index contributed by atoms with van der Waals surface area (Å²) in [5.41, 5.74) is 0. The van der Waals surface area contributed by atoms with Gasteiger partial charge in [0.15, 0.2) is 0 Å². The van der Waals surface area contributed by atoms with Crippen LogP contribution in [0, 0.1) is 0 Å². The van der Waals surface area contributed by atoms with Gasteiger partial charge >= 0.3 is 5.97 Å². The maximum atomic E-state index is 10.2. The SMILES string of the molecule is O=C(O)C(O)=Cc1ccc(Br)s1. The van der Waals surface area contributed by atoms with Crippen LogP contribution in [0.2, 0.25) is 0 Å². The summed E-state index contributed by atoms with van der Waals surface area (Å²) in [6.07, 6.45) is 1.21. The highest BCUT2D eigenvalue weighted by Gasteiger charge is 2.04. The number of carboxylic acids is 1. The van der Waals surface area contributed by atoms with Crippen LogP contribution < -0.4 is 0 Å². The fraction of sp³-hybridized carbons (Fsp3) is 0. The molecule has 0 saturated heterocycles. The highest BCUT2D eigenvalue weighted by molar-refractivity contribution is 9.11. The van der Waals surface area contributed by atoms with Crippen molar-refractivity contribution >= 4 is 39.3 Å². The van der Waals surface area contributed by atoms with Gasteiger partial charge in [-0.2, -0.15) is 0 Å². The van der Waals surface area contributed by atoms with Crippen LogP contribution in [0.25, 0.3) is 6.08 Å². The lowest BCUT2D eigenvalue weighted by Gasteiger charge is -1.88. The van der Waals surface area contributed by atoms with Crippen molar-refractivity contribution in [3.05, 3.63) is 26.6 Å². The van der Waals surface area contributed by atoms with E-state index in [2.05, 4.69) is 15.9 Å². The average molecular weight is 249 g/mol. The van der Waals surface area contributed by atoms with Crippen LogP contribution in [-0.4, -0.2) is 16.2 Å². The minimum atomic E-state index is -1.32. The van der Waals surface area contributed by atoms with Gasteiger partial charge in [0.05, 0.1) is 3.79 Å². The Kier molecular flexibility index (Phi) is 2.88. The highest BCUT2D eigenvalue weighted by atomic mass is 79.9. The monoisotopic (exact) mass is 248 g/mol. The predicted molar refractivity (Wildman–Crippen MR) is 50.3 cm³/mol. The Bertz CT molecular complexity index is 329. The summed E-state index contributed by atoms with van der Waals surface area (Å²) >= 11 is 4.57. The minimum Gasteiger partial charge on any atom is -0.502 e. The zero-order chi connectivity index (χ0) is 9.14. The van der Waals surface area contributed by atoms with Gasteiger partial charge in [0.1, 0.15) is 0 Å². The maximum Gasteiger partial charge on any atom is 0.370 e. The number of carbonyl (C=O) groups is 1. The first kappa shape index (κ1) is 9.28. The van der Waals surface area contributed by atoms with Crippen molar-refractivity contribution in [3.63, 3.8) is 0 Å². The molecule has 5 heteroatoms. The molecule has 64 valence electrons. The number of aliphatic hydroxyl groups is 1. The summed E-state index contributed by atoms with van der Waals surface area (Å²) < 4.78 is 0.895. The summed E-state index contributed by atoms with van der Waals surface area (Å²) in [5, 5.41) is 17.2. The molecule has 1 rings (SSSR count). The molecular weight excluding hydrogens is 244 g/mol. The van der Waals surface area contributed by atoms with Crippen molar-refractivity contribution in [2.45, 2.75) is 0 Å². The maximum absolute atomic E-state index is 10.2. The number of hydrogen-bond donors (Lipinski definition) is 2. The molecule has 1 aromatic rings. The minimum absolute atomic E-state index is 0.649. The van der Waals surface area contributed by atoms with E-state index in [0.717, 1.165) is 3.79 Å². The first-order valence-electron chi connectivity index (χ1n) is 2.99. The van der Waals surface area contributed by atoms with Crippen LogP contribution in [0.4, 0.5) is 0 Å². The molecule has 0 fully saturated rings. The standard InChI is InChI=1S/C7H5BrO3S/c8-6-2-1-4(12-6)3-5(9)7(10)11/h1-3,9H,(H,10,11). The zero-order valence-corrected chi connectivity index (χ0v) is 8.22. The second-order valence-corrected chi connectivity index (χ2v) is 4.47. The molecule has 0 aliphatic carbocycles. The highest BCUT2D eigenvalue weighted by Crippen LogP contribution is 2.23. The lowest BCUT2D eigenvalue weighted by Crippen LogP contribution is -1.97. The quantitative estimate of drug-likeness (QED) is 0.625. The molecule has 1 heterocycles. The van der Waals surface area contributed by atoms with Crippen molar-refractivity contribution in [1.82, 2.24) is 0 Å². The zero-order valence-electron chi connectivity index (χ0n) is 5.82. The molecule has 0 aromatic carbocycles. The van der Waals surface area contributed by atoms with Crippen LogP contribution in [-0.2, 0) is 4.79 Å². The van der Waals surface area contributed by atoms with E-state index in [-0.39, 0.29) is 0 Å². The first-order chi connectivity index (χ1) is 5.59. The number of rotatable bonds is 2. The molecule has 0 aliphatic heterocycles. The van der Waals surface area contributed by atoms with Gasteiger partial charge in [-0.15, -0.1) is 11.3 Å². The number of aliphatic hydroxyl groups excluding tert-OH is 1. The molecule has 0 radical (unpaired) electrons. The smallest absolute Gasteiger partial charge is 0.370 e. The van der Waals surface area contributed by atoms with Gasteiger partial charge in [-0.3, -0.25) is 0 Å². The van der Waals surface area contributed by atoms with Gasteiger partial charge in [-0.05, 0) is 28.1 Å². The summed E-state index contributed by atoms with van der Waals surface area (Å²) in [7, 11) is 0. The second-order valence-electron chi connectivity index (χ2n) is 1.98. The van der Waals surface area contributed by atoms with Gasteiger partial charge in [0, 0.05) is 11.0 Å². The van der Waals surface area contributed by atoms with Crippen molar-refractivity contribution in [3.8, 4) is 0 Å². The average Bonchev–Trinajstić information content (AvgIpc) is 2.35. The largest absolute Gasteiger partial charge is 0.502 e. The molecule has 0 aliphatic rings. The third-order valence-electron chi connectivity index (χ3n) is 1.09. The molecule has 12 heavy (non-hydrogen) atoms. The third-order valence-corrected chi connectivity index (χ3v) is 2.66. The van der Waals surface area contributed by atoms with E-state index in [4.69, 9.17) is 10.2 Å². The van der Waals surface area contributed by atoms with Gasteiger partial charge in [0.25, 0.3) is 0 Å². The van der Waals surface area contributed by atoms with Crippen molar-refractivity contribution in [1.29, 1.82) is 0 Å². The van der Waals surface area contributed by atoms with Crippen LogP contribution in [0.3, 0.4) is 0 Å². The first-order valence-corrected chi connectivity index (χ1v) is 4.60. The van der Waals surface area contributed by atoms with Crippen molar-refractivity contribution in [2.24, 2.45) is 0 Å². The van der Waals surface area contributed by atoms with Crippen molar-refractivity contribution in [2.75, 3.05) is 0 Å². The molecule has 0 bridgehead atoms. The molecule has 2 N–H and O–H groups in total. The molecule has 1 aromatic heterocycles. The van der Waals surface area contributed by atoms with E-state index in [1.165, 1.54) is 17.4 Å². The molecule has 0 unspecified atom stereocenters. The van der Waals surface area contributed by atoms with E-state index < -0.39 is 11.7 Å². The molecular formula is C7H5BrO3S. The summed E-state index contributed by atoms with van der Waals surface area (Å²) in [6, 6.07) is 3.50. The fourth-order valence-electron chi connectivity index (χ4n) is 0.602. The Balaban J connectivity index is 2.87. The number of aliphatic carboxylic acids is 1. The predicted octanol–water partition coefficient (Wildman–Crippen LogP) is 2.49. The fourth-order valence-corrected chi connectivity index (χ4v) is 1.96. The van der Waals surface area contributed by atoms with Crippen LogP contribution in [0.1, 0.15) is 4.88 Å². The number of carboxylic acid groups (broad SMARTS) is 1. The molecule has 0 amide bonds. The Morgan fingerprint density at radius 3 is 2.58 bits per heavy atom. The van der Waals surface area contributed by atoms with Crippen molar-refractivity contribution < 1.29 is 15.0 Å². The van der Waals surface area contributed by atoms with Gasteiger partial charge in [-0.1, -0.05) is 0 Å². The molecule has 0 saturated carbocycles. The molecule has 0 spiro atoms. The lowest BCUT2D eigenvalue weighted by molar-refractivity contribution is -0.135. The van der Waals surface area contributed by atoms with E-state index in [9.17, 15) is 4.79 Å². The Labute approximate surface area is 81.1 Å². The van der Waals surface area contributed by atoms with Gasteiger partial charge < -0.3 is 10.2 Å². The second kappa shape index (κ2) is 3.73. The van der Waals surface area contributed by atoms with E-state index in [1.807, 2.05) is 0 Å². The van der Waals surface area contributed by atoms with Crippen LogP contribution in [0.15, 0.2) is 21.7 Å². The van der Waals surface area contributed by atoms with Crippen LogP contribution >= 0.6 is 27.3 Å². The summed E-state index contributed by atoms with van der Waals surface area (Å²) in [5.74, 6) is -1.97. The normalized spacial score (nSPS) is 11.6. The topological polar surface area (TPSA) is 57.5 Å².